The molecule has 0 amide bonds. The highest BCUT2D eigenvalue weighted by atomic mass is 19.1. The molecule has 2 aliphatic rings. The summed E-state index contributed by atoms with van der Waals surface area (Å²) in [6, 6.07) is 17.0. The van der Waals surface area contributed by atoms with Crippen molar-refractivity contribution in [3.8, 4) is 34.6 Å². The normalized spacial score (nSPS) is 18.4. The lowest BCUT2D eigenvalue weighted by Crippen LogP contribution is -2.31. The second-order valence-electron chi connectivity index (χ2n) is 8.64. The van der Waals surface area contributed by atoms with E-state index in [0.717, 1.165) is 16.7 Å². The van der Waals surface area contributed by atoms with Crippen LogP contribution >= 0.6 is 0 Å². The number of hydrogen-bond acceptors (Lipinski definition) is 7. The molecule has 0 radical (unpaired) electrons. The molecule has 166 valence electrons. The monoisotopic (exact) mass is 444 g/mol. The predicted octanol–water partition coefficient (Wildman–Crippen LogP) is 4.44. The number of fused-ring (bicyclic) bond motifs is 4. The van der Waals surface area contributed by atoms with E-state index in [1.807, 2.05) is 36.4 Å². The average molecular weight is 444 g/mol. The number of halogens is 1. The fourth-order valence-electron chi connectivity index (χ4n) is 3.99. The van der Waals surface area contributed by atoms with E-state index in [9.17, 15) is 9.65 Å². The van der Waals surface area contributed by atoms with Crippen molar-refractivity contribution in [3.63, 3.8) is 0 Å². The van der Waals surface area contributed by atoms with Crippen LogP contribution in [0.2, 0.25) is 0 Å². The van der Waals surface area contributed by atoms with Gasteiger partial charge in [-0.15, -0.1) is 0 Å². The van der Waals surface area contributed by atoms with E-state index < -0.39 is 11.2 Å². The molecule has 2 aromatic carbocycles. The molecule has 1 atom stereocenters. The Morgan fingerprint density at radius 3 is 2.73 bits per heavy atom. The van der Waals surface area contributed by atoms with Crippen LogP contribution < -0.4 is 15.2 Å². The highest BCUT2D eigenvalue weighted by molar-refractivity contribution is 5.78. The number of hydrogen-bond donors (Lipinski definition) is 1. The van der Waals surface area contributed by atoms with Gasteiger partial charge in [0.1, 0.15) is 30.4 Å². The van der Waals surface area contributed by atoms with Crippen LogP contribution in [0.15, 0.2) is 59.7 Å². The van der Waals surface area contributed by atoms with Gasteiger partial charge in [-0.25, -0.2) is 14.4 Å². The molecule has 1 spiro atoms. The van der Waals surface area contributed by atoms with Crippen LogP contribution in [0.5, 0.6) is 17.4 Å². The molecule has 1 aromatic heterocycles. The average Bonchev–Trinajstić information content (AvgIpc) is 3.19. The number of nitriles is 1. The molecule has 2 N–H and O–H groups in total. The Kier molecular flexibility index (Phi) is 4.71. The van der Waals surface area contributed by atoms with E-state index >= 15 is 0 Å². The van der Waals surface area contributed by atoms with E-state index in [1.165, 1.54) is 20.0 Å². The van der Waals surface area contributed by atoms with Crippen LogP contribution in [0.1, 0.15) is 30.5 Å². The predicted molar refractivity (Wildman–Crippen MR) is 120 cm³/mol. The minimum absolute atomic E-state index is 0.0573. The Bertz CT molecular complexity index is 1330. The third-order valence-electron chi connectivity index (χ3n) is 5.54. The smallest absolute Gasteiger partial charge is 0.283 e. The molecule has 0 bridgehead atoms. The molecular weight excluding hydrogens is 423 g/mol. The standard InChI is InChI=1S/C25H21FN4O3/c1-24(2,26)13-31-18-10-20-22(29-12-18)33-21-7-6-17(16-5-3-4-15(8-16)11-27)9-19(21)25(20)14-32-23(28)30-25/h3-10,12H,13-14H2,1-2H3,(H2,28,30)/t25-/m0/s1. The highest BCUT2D eigenvalue weighted by Crippen LogP contribution is 2.51. The van der Waals surface area contributed by atoms with Gasteiger partial charge in [-0.3, -0.25) is 0 Å². The summed E-state index contributed by atoms with van der Waals surface area (Å²) in [6.07, 6.45) is 1.49. The van der Waals surface area contributed by atoms with Gasteiger partial charge in [-0.1, -0.05) is 18.2 Å². The van der Waals surface area contributed by atoms with Gasteiger partial charge in [-0.2, -0.15) is 5.26 Å². The summed E-state index contributed by atoms with van der Waals surface area (Å²) >= 11 is 0. The lowest BCUT2D eigenvalue weighted by molar-refractivity contribution is 0.120. The fraction of sp³-hybridized carbons (Fsp3) is 0.240. The van der Waals surface area contributed by atoms with E-state index in [0.29, 0.717) is 28.5 Å². The quantitative estimate of drug-likeness (QED) is 0.638. The van der Waals surface area contributed by atoms with Crippen LogP contribution in [0.4, 0.5) is 4.39 Å². The number of nitrogens with zero attached hydrogens (tertiary/aromatic N) is 3. The molecular formula is C25H21FN4O3. The Morgan fingerprint density at radius 1 is 1.18 bits per heavy atom. The van der Waals surface area contributed by atoms with Crippen molar-refractivity contribution in [3.05, 3.63) is 71.4 Å². The van der Waals surface area contributed by atoms with Crippen molar-refractivity contribution in [2.24, 2.45) is 10.7 Å². The van der Waals surface area contributed by atoms with Crippen molar-refractivity contribution < 1.29 is 18.6 Å². The Labute approximate surface area is 190 Å². The van der Waals surface area contributed by atoms with Gasteiger partial charge in [0.05, 0.1) is 23.4 Å². The van der Waals surface area contributed by atoms with Gasteiger partial charge in [-0.05, 0) is 55.3 Å². The van der Waals surface area contributed by atoms with E-state index in [2.05, 4.69) is 16.0 Å². The highest BCUT2D eigenvalue weighted by Gasteiger charge is 2.48. The van der Waals surface area contributed by atoms with Crippen molar-refractivity contribution >= 4 is 6.02 Å². The van der Waals surface area contributed by atoms with Gasteiger partial charge in [0, 0.05) is 5.56 Å². The number of ether oxygens (including phenoxy) is 3. The number of amidine groups is 1. The van der Waals surface area contributed by atoms with E-state index in [4.69, 9.17) is 19.9 Å². The van der Waals surface area contributed by atoms with E-state index in [1.54, 1.807) is 12.1 Å². The largest absolute Gasteiger partial charge is 0.489 e. The van der Waals surface area contributed by atoms with Crippen LogP contribution in [0.25, 0.3) is 11.1 Å². The summed E-state index contributed by atoms with van der Waals surface area (Å²) in [5.41, 5.74) is 7.16. The number of benzene rings is 2. The maximum Gasteiger partial charge on any atom is 0.283 e. The summed E-state index contributed by atoms with van der Waals surface area (Å²) in [5, 5.41) is 9.27. The third-order valence-corrected chi connectivity index (χ3v) is 5.54. The molecule has 0 aliphatic carbocycles. The summed E-state index contributed by atoms with van der Waals surface area (Å²) in [5.74, 6) is 1.33. The zero-order chi connectivity index (χ0) is 23.2. The number of pyridine rings is 1. The first-order valence-electron chi connectivity index (χ1n) is 10.4. The third kappa shape index (κ3) is 3.72. The minimum Gasteiger partial charge on any atom is -0.489 e. The molecule has 8 heteroatoms. The topological polar surface area (TPSA) is 103 Å². The summed E-state index contributed by atoms with van der Waals surface area (Å²) in [7, 11) is 0. The van der Waals surface area contributed by atoms with Crippen LogP contribution in [0.3, 0.4) is 0 Å². The van der Waals surface area contributed by atoms with Crippen LogP contribution in [0, 0.1) is 11.3 Å². The minimum atomic E-state index is -1.50. The number of aromatic nitrogens is 1. The fourth-order valence-corrected chi connectivity index (χ4v) is 3.99. The number of rotatable bonds is 4. The molecule has 0 saturated heterocycles. The van der Waals surface area contributed by atoms with Crippen molar-refractivity contribution in [1.29, 1.82) is 5.26 Å². The lowest BCUT2D eigenvalue weighted by atomic mass is 9.81. The van der Waals surface area contributed by atoms with Crippen molar-refractivity contribution in [2.45, 2.75) is 25.1 Å². The molecule has 0 unspecified atom stereocenters. The Morgan fingerprint density at radius 2 is 2.00 bits per heavy atom. The first-order valence-corrected chi connectivity index (χ1v) is 10.4. The number of nitrogens with two attached hydrogens (primary N) is 1. The van der Waals surface area contributed by atoms with Gasteiger partial charge in [0.15, 0.2) is 5.54 Å². The SMILES string of the molecule is CC(C)(F)COc1cnc2c(c1)[C@]1(COC(N)=N1)c1cc(-c3cccc(C#N)c3)ccc1O2. The molecule has 0 fully saturated rings. The molecule has 33 heavy (non-hydrogen) atoms. The van der Waals surface area contributed by atoms with Crippen molar-refractivity contribution in [1.82, 2.24) is 4.98 Å². The van der Waals surface area contributed by atoms with Gasteiger partial charge < -0.3 is 19.9 Å². The van der Waals surface area contributed by atoms with E-state index in [-0.39, 0.29) is 19.2 Å². The zero-order valence-corrected chi connectivity index (χ0v) is 18.1. The number of aliphatic imine (C=N–C) groups is 1. The summed E-state index contributed by atoms with van der Waals surface area (Å²) < 4.78 is 31.3. The summed E-state index contributed by atoms with van der Waals surface area (Å²) in [4.78, 5) is 9.05. The lowest BCUT2D eigenvalue weighted by Gasteiger charge is -2.33. The molecule has 3 aromatic rings. The second-order valence-corrected chi connectivity index (χ2v) is 8.64. The molecule has 7 nitrogen and oxygen atoms in total. The van der Waals surface area contributed by atoms with Crippen LogP contribution in [-0.4, -0.2) is 29.9 Å². The molecule has 3 heterocycles. The Hall–Kier alpha value is -4.12. The van der Waals surface area contributed by atoms with Crippen LogP contribution in [-0.2, 0) is 10.3 Å². The van der Waals surface area contributed by atoms with Gasteiger partial charge in [0.2, 0.25) is 5.88 Å². The maximum atomic E-state index is 14.0. The summed E-state index contributed by atoms with van der Waals surface area (Å²) in [6.45, 7) is 2.92. The zero-order valence-electron chi connectivity index (χ0n) is 18.1. The molecule has 2 aliphatic heterocycles. The first-order chi connectivity index (χ1) is 15.8. The first kappa shape index (κ1) is 20.8. The van der Waals surface area contributed by atoms with Gasteiger partial charge in [0.25, 0.3) is 6.02 Å². The molecule has 5 rings (SSSR count). The van der Waals surface area contributed by atoms with Gasteiger partial charge >= 0.3 is 0 Å². The Balaban J connectivity index is 1.63. The maximum absolute atomic E-state index is 14.0. The number of alkyl halides is 1. The molecule has 0 saturated carbocycles. The second kappa shape index (κ2) is 7.48. The van der Waals surface area contributed by atoms with Crippen molar-refractivity contribution in [2.75, 3.05) is 13.2 Å².